The highest BCUT2D eigenvalue weighted by molar-refractivity contribution is 5.69. The van der Waals surface area contributed by atoms with Crippen LogP contribution in [0.1, 0.15) is 33.6 Å². The summed E-state index contributed by atoms with van der Waals surface area (Å²) in [4.78, 5) is 13.9. The predicted molar refractivity (Wildman–Crippen MR) is 85.3 cm³/mol. The van der Waals surface area contributed by atoms with E-state index < -0.39 is 5.60 Å². The lowest BCUT2D eigenvalue weighted by atomic mass is 10.1. The Balaban J connectivity index is 1.95. The van der Waals surface area contributed by atoms with Gasteiger partial charge in [0.2, 0.25) is 0 Å². The molecule has 0 radical (unpaired) electrons. The number of benzene rings is 1. The third kappa shape index (κ3) is 4.55. The molecule has 1 heterocycles. The van der Waals surface area contributed by atoms with Crippen molar-refractivity contribution in [3.8, 4) is 0 Å². The van der Waals surface area contributed by atoms with Crippen LogP contribution in [0.2, 0.25) is 0 Å². The largest absolute Gasteiger partial charge is 0.444 e. The number of nitrogen functional groups attached to an aromatic ring is 1. The van der Waals surface area contributed by atoms with E-state index in [0.717, 1.165) is 30.8 Å². The highest BCUT2D eigenvalue weighted by Gasteiger charge is 2.27. The van der Waals surface area contributed by atoms with Gasteiger partial charge >= 0.3 is 6.09 Å². The standard InChI is InChI=1S/C16H25N3O2/c1-16(2,3)21-15(20)19-10-6-7-12(11-19)18-14-9-5-4-8-13(14)17/h4-5,8-9,12,18H,6-7,10-11,17H2,1-3H3. The van der Waals surface area contributed by atoms with E-state index in [1.54, 1.807) is 4.90 Å². The molecule has 1 unspecified atom stereocenters. The van der Waals surface area contributed by atoms with Crippen LogP contribution in [0.25, 0.3) is 0 Å². The summed E-state index contributed by atoms with van der Waals surface area (Å²) in [6.07, 6.45) is 1.74. The van der Waals surface area contributed by atoms with Gasteiger partial charge in [0.1, 0.15) is 5.60 Å². The summed E-state index contributed by atoms with van der Waals surface area (Å²) in [5.74, 6) is 0. The number of para-hydroxylation sites is 2. The number of rotatable bonds is 2. The third-order valence-corrected chi connectivity index (χ3v) is 3.39. The minimum absolute atomic E-state index is 0.205. The fourth-order valence-electron chi connectivity index (χ4n) is 2.44. The maximum atomic E-state index is 12.1. The van der Waals surface area contributed by atoms with Gasteiger partial charge in [-0.3, -0.25) is 0 Å². The average molecular weight is 291 g/mol. The van der Waals surface area contributed by atoms with E-state index in [9.17, 15) is 4.79 Å². The number of anilines is 2. The van der Waals surface area contributed by atoms with Gasteiger partial charge in [-0.05, 0) is 45.7 Å². The fraction of sp³-hybridized carbons (Fsp3) is 0.562. The fourth-order valence-corrected chi connectivity index (χ4v) is 2.44. The second-order valence-corrected chi connectivity index (χ2v) is 6.50. The molecular formula is C16H25N3O2. The van der Waals surface area contributed by atoms with E-state index >= 15 is 0 Å². The van der Waals surface area contributed by atoms with Crippen molar-refractivity contribution in [2.75, 3.05) is 24.1 Å². The van der Waals surface area contributed by atoms with Gasteiger partial charge in [0.15, 0.2) is 0 Å². The number of carbonyl (C=O) groups excluding carboxylic acids is 1. The molecule has 0 aromatic heterocycles. The van der Waals surface area contributed by atoms with Gasteiger partial charge in [-0.2, -0.15) is 0 Å². The molecule has 1 fully saturated rings. The van der Waals surface area contributed by atoms with Crippen molar-refractivity contribution in [2.45, 2.75) is 45.3 Å². The van der Waals surface area contributed by atoms with Crippen LogP contribution < -0.4 is 11.1 Å². The second kappa shape index (κ2) is 6.24. The number of nitrogens with zero attached hydrogens (tertiary/aromatic N) is 1. The Bertz CT molecular complexity index is 497. The van der Waals surface area contributed by atoms with Crippen molar-refractivity contribution >= 4 is 17.5 Å². The van der Waals surface area contributed by atoms with Crippen LogP contribution in [0, 0.1) is 0 Å². The van der Waals surface area contributed by atoms with Crippen molar-refractivity contribution in [3.63, 3.8) is 0 Å². The summed E-state index contributed by atoms with van der Waals surface area (Å²) in [7, 11) is 0. The molecule has 0 bridgehead atoms. The molecule has 21 heavy (non-hydrogen) atoms. The first kappa shape index (κ1) is 15.5. The van der Waals surface area contributed by atoms with Gasteiger partial charge in [-0.15, -0.1) is 0 Å². The first-order chi connectivity index (χ1) is 9.85. The molecule has 0 aliphatic carbocycles. The molecule has 1 aliphatic heterocycles. The van der Waals surface area contributed by atoms with Crippen LogP contribution in [-0.4, -0.2) is 35.7 Å². The Labute approximate surface area is 126 Å². The van der Waals surface area contributed by atoms with E-state index in [-0.39, 0.29) is 12.1 Å². The zero-order valence-corrected chi connectivity index (χ0v) is 13.1. The van der Waals surface area contributed by atoms with Crippen molar-refractivity contribution in [2.24, 2.45) is 0 Å². The minimum atomic E-state index is -0.457. The number of nitrogens with two attached hydrogens (primary N) is 1. The van der Waals surface area contributed by atoms with Crippen molar-refractivity contribution in [3.05, 3.63) is 24.3 Å². The molecular weight excluding hydrogens is 266 g/mol. The quantitative estimate of drug-likeness (QED) is 0.822. The van der Waals surface area contributed by atoms with Crippen molar-refractivity contribution in [1.29, 1.82) is 0 Å². The normalized spacial score (nSPS) is 19.2. The molecule has 1 amide bonds. The molecule has 1 aromatic carbocycles. The smallest absolute Gasteiger partial charge is 0.410 e. The van der Waals surface area contributed by atoms with Gasteiger partial charge in [0.05, 0.1) is 11.4 Å². The first-order valence-corrected chi connectivity index (χ1v) is 7.44. The Hall–Kier alpha value is -1.91. The summed E-state index contributed by atoms with van der Waals surface area (Å²) >= 11 is 0. The van der Waals surface area contributed by atoms with Crippen LogP contribution in [0.5, 0.6) is 0 Å². The van der Waals surface area contributed by atoms with Crippen LogP contribution >= 0.6 is 0 Å². The molecule has 1 atom stereocenters. The first-order valence-electron chi connectivity index (χ1n) is 7.44. The average Bonchev–Trinajstić information content (AvgIpc) is 2.40. The van der Waals surface area contributed by atoms with Crippen LogP contribution in [-0.2, 0) is 4.74 Å². The molecule has 1 saturated heterocycles. The maximum absolute atomic E-state index is 12.1. The SMILES string of the molecule is CC(C)(C)OC(=O)N1CCCC(Nc2ccccc2N)C1. The zero-order valence-electron chi connectivity index (χ0n) is 13.1. The predicted octanol–water partition coefficient (Wildman–Crippen LogP) is 3.08. The second-order valence-electron chi connectivity index (χ2n) is 6.50. The molecule has 1 aromatic rings. The topological polar surface area (TPSA) is 67.6 Å². The highest BCUT2D eigenvalue weighted by Crippen LogP contribution is 2.22. The molecule has 5 heteroatoms. The number of nitrogens with one attached hydrogen (secondary N) is 1. The summed E-state index contributed by atoms with van der Waals surface area (Å²) in [6.45, 7) is 7.04. The third-order valence-electron chi connectivity index (χ3n) is 3.39. The number of piperidine rings is 1. The van der Waals surface area contributed by atoms with E-state index in [1.807, 2.05) is 45.0 Å². The van der Waals surface area contributed by atoms with Crippen LogP contribution in [0.4, 0.5) is 16.2 Å². The van der Waals surface area contributed by atoms with E-state index in [0.29, 0.717) is 6.54 Å². The summed E-state index contributed by atoms with van der Waals surface area (Å²) in [6, 6.07) is 7.90. The molecule has 0 saturated carbocycles. The molecule has 1 aliphatic rings. The van der Waals surface area contributed by atoms with Crippen molar-refractivity contribution in [1.82, 2.24) is 4.90 Å². The maximum Gasteiger partial charge on any atom is 0.410 e. The number of hydrogen-bond acceptors (Lipinski definition) is 4. The summed E-state index contributed by atoms with van der Waals surface area (Å²) in [5, 5.41) is 3.42. The summed E-state index contributed by atoms with van der Waals surface area (Å²) in [5.41, 5.74) is 7.14. The van der Waals surface area contributed by atoms with Gasteiger partial charge in [-0.1, -0.05) is 12.1 Å². The van der Waals surface area contributed by atoms with E-state index in [1.165, 1.54) is 0 Å². The zero-order chi connectivity index (χ0) is 15.5. The number of likely N-dealkylation sites (tertiary alicyclic amines) is 1. The van der Waals surface area contributed by atoms with E-state index in [2.05, 4.69) is 5.32 Å². The van der Waals surface area contributed by atoms with Crippen LogP contribution in [0.15, 0.2) is 24.3 Å². The molecule has 2 rings (SSSR count). The molecule has 0 spiro atoms. The van der Waals surface area contributed by atoms with Crippen molar-refractivity contribution < 1.29 is 9.53 Å². The Morgan fingerprint density at radius 2 is 2.10 bits per heavy atom. The minimum Gasteiger partial charge on any atom is -0.444 e. The monoisotopic (exact) mass is 291 g/mol. The Morgan fingerprint density at radius 1 is 1.38 bits per heavy atom. The van der Waals surface area contributed by atoms with Gasteiger partial charge in [0, 0.05) is 19.1 Å². The Morgan fingerprint density at radius 3 is 2.76 bits per heavy atom. The summed E-state index contributed by atoms with van der Waals surface area (Å²) < 4.78 is 5.43. The highest BCUT2D eigenvalue weighted by atomic mass is 16.6. The molecule has 5 nitrogen and oxygen atoms in total. The van der Waals surface area contributed by atoms with Crippen LogP contribution in [0.3, 0.4) is 0 Å². The Kier molecular flexibility index (Phi) is 4.60. The number of hydrogen-bond donors (Lipinski definition) is 2. The lowest BCUT2D eigenvalue weighted by Crippen LogP contribution is -2.47. The lowest BCUT2D eigenvalue weighted by Gasteiger charge is -2.35. The van der Waals surface area contributed by atoms with Gasteiger partial charge in [0.25, 0.3) is 0 Å². The number of carbonyl (C=O) groups is 1. The lowest BCUT2D eigenvalue weighted by molar-refractivity contribution is 0.0206. The van der Waals surface area contributed by atoms with Gasteiger partial charge < -0.3 is 20.7 Å². The van der Waals surface area contributed by atoms with E-state index in [4.69, 9.17) is 10.5 Å². The number of amides is 1. The molecule has 3 N–H and O–H groups in total. The van der Waals surface area contributed by atoms with Gasteiger partial charge in [-0.25, -0.2) is 4.79 Å². The molecule has 116 valence electrons. The number of ether oxygens (including phenoxy) is 1.